The van der Waals surface area contributed by atoms with Crippen molar-refractivity contribution in [1.82, 2.24) is 10.6 Å². The Balaban J connectivity index is 0.00000220. The van der Waals surface area contributed by atoms with Gasteiger partial charge in [0.2, 0.25) is 0 Å². The molecule has 1 aromatic rings. The first kappa shape index (κ1) is 18.2. The SMILES string of the molecule is CN=C(NC)NCC1(c2ccc(F)cc2)CCCCC1.I. The molecule has 3 nitrogen and oxygen atoms in total. The molecule has 0 aliphatic heterocycles. The van der Waals surface area contributed by atoms with Crippen molar-refractivity contribution in [2.75, 3.05) is 20.6 Å². The van der Waals surface area contributed by atoms with Crippen molar-refractivity contribution in [2.24, 2.45) is 4.99 Å². The number of halogens is 2. The Bertz CT molecular complexity index is 453. The Hall–Kier alpha value is -0.850. The molecule has 1 aliphatic carbocycles. The van der Waals surface area contributed by atoms with E-state index in [0.29, 0.717) is 0 Å². The van der Waals surface area contributed by atoms with Crippen LogP contribution in [-0.4, -0.2) is 26.6 Å². The van der Waals surface area contributed by atoms with Crippen molar-refractivity contribution in [3.8, 4) is 0 Å². The van der Waals surface area contributed by atoms with E-state index in [2.05, 4.69) is 15.6 Å². The molecule has 5 heteroatoms. The van der Waals surface area contributed by atoms with Gasteiger partial charge in [-0.3, -0.25) is 4.99 Å². The molecule has 0 amide bonds. The standard InChI is InChI=1S/C16H24FN3.HI/c1-18-15(19-2)20-12-16(10-4-3-5-11-16)13-6-8-14(17)9-7-13;/h6-9H,3-5,10-12H2,1-2H3,(H2,18,19,20);1H. The molecule has 0 bridgehead atoms. The topological polar surface area (TPSA) is 36.4 Å². The third-order valence-corrected chi connectivity index (χ3v) is 4.32. The van der Waals surface area contributed by atoms with Crippen LogP contribution in [0.15, 0.2) is 29.3 Å². The van der Waals surface area contributed by atoms with E-state index >= 15 is 0 Å². The second-order valence-electron chi connectivity index (χ2n) is 5.52. The summed E-state index contributed by atoms with van der Waals surface area (Å²) in [6.07, 6.45) is 6.05. The normalized spacial score (nSPS) is 17.8. The average Bonchev–Trinajstić information content (AvgIpc) is 2.50. The number of hydrogen-bond donors (Lipinski definition) is 2. The summed E-state index contributed by atoms with van der Waals surface area (Å²) in [6.45, 7) is 0.839. The fourth-order valence-electron chi connectivity index (χ4n) is 3.13. The molecule has 1 saturated carbocycles. The lowest BCUT2D eigenvalue weighted by Gasteiger charge is -2.38. The van der Waals surface area contributed by atoms with Crippen molar-refractivity contribution in [3.63, 3.8) is 0 Å². The maximum atomic E-state index is 13.2. The summed E-state index contributed by atoms with van der Waals surface area (Å²) in [5.74, 6) is 0.635. The maximum absolute atomic E-state index is 13.2. The van der Waals surface area contributed by atoms with E-state index in [1.54, 1.807) is 19.2 Å². The Morgan fingerprint density at radius 2 is 1.81 bits per heavy atom. The Labute approximate surface area is 143 Å². The van der Waals surface area contributed by atoms with Gasteiger partial charge in [0, 0.05) is 26.1 Å². The van der Waals surface area contributed by atoms with Crippen molar-refractivity contribution in [2.45, 2.75) is 37.5 Å². The van der Waals surface area contributed by atoms with Gasteiger partial charge in [-0.05, 0) is 30.5 Å². The fraction of sp³-hybridized carbons (Fsp3) is 0.562. The highest BCUT2D eigenvalue weighted by molar-refractivity contribution is 14.0. The Kier molecular flexibility index (Phi) is 7.42. The molecule has 118 valence electrons. The highest BCUT2D eigenvalue weighted by Crippen LogP contribution is 2.39. The maximum Gasteiger partial charge on any atom is 0.190 e. The van der Waals surface area contributed by atoms with Crippen LogP contribution >= 0.6 is 24.0 Å². The summed E-state index contributed by atoms with van der Waals surface area (Å²) in [7, 11) is 3.63. The van der Waals surface area contributed by atoms with Crippen LogP contribution in [0.2, 0.25) is 0 Å². The summed E-state index contributed by atoms with van der Waals surface area (Å²) >= 11 is 0. The quantitative estimate of drug-likeness (QED) is 0.459. The van der Waals surface area contributed by atoms with Gasteiger partial charge in [0.25, 0.3) is 0 Å². The van der Waals surface area contributed by atoms with E-state index in [0.717, 1.165) is 25.3 Å². The van der Waals surface area contributed by atoms with Crippen LogP contribution in [0.5, 0.6) is 0 Å². The number of nitrogens with one attached hydrogen (secondary N) is 2. The molecule has 21 heavy (non-hydrogen) atoms. The van der Waals surface area contributed by atoms with E-state index in [1.807, 2.05) is 19.2 Å². The van der Waals surface area contributed by atoms with Gasteiger partial charge in [0.15, 0.2) is 5.96 Å². The van der Waals surface area contributed by atoms with Gasteiger partial charge >= 0.3 is 0 Å². The van der Waals surface area contributed by atoms with Crippen molar-refractivity contribution in [3.05, 3.63) is 35.6 Å². The number of nitrogens with zero attached hydrogens (tertiary/aromatic N) is 1. The number of benzene rings is 1. The largest absolute Gasteiger partial charge is 0.359 e. The van der Waals surface area contributed by atoms with Crippen LogP contribution in [0.3, 0.4) is 0 Å². The lowest BCUT2D eigenvalue weighted by Crippen LogP contribution is -2.45. The lowest BCUT2D eigenvalue weighted by atomic mass is 9.69. The molecular weight excluding hydrogens is 380 g/mol. The first-order chi connectivity index (χ1) is 9.70. The molecular formula is C16H25FIN3. The summed E-state index contributed by atoms with van der Waals surface area (Å²) in [5, 5.41) is 6.44. The molecule has 1 fully saturated rings. The molecule has 2 N–H and O–H groups in total. The Morgan fingerprint density at radius 3 is 2.33 bits per heavy atom. The van der Waals surface area contributed by atoms with Crippen LogP contribution in [-0.2, 0) is 5.41 Å². The molecule has 2 rings (SSSR count). The zero-order chi connectivity index (χ0) is 14.4. The summed E-state index contributed by atoms with van der Waals surface area (Å²) < 4.78 is 13.2. The number of hydrogen-bond acceptors (Lipinski definition) is 1. The molecule has 1 aromatic carbocycles. The number of aliphatic imine (C=N–C) groups is 1. The van der Waals surface area contributed by atoms with Gasteiger partial charge in [-0.1, -0.05) is 31.4 Å². The fourth-order valence-corrected chi connectivity index (χ4v) is 3.13. The minimum Gasteiger partial charge on any atom is -0.359 e. The minimum absolute atomic E-state index is 0. The van der Waals surface area contributed by atoms with E-state index in [4.69, 9.17) is 0 Å². The molecule has 0 aromatic heterocycles. The zero-order valence-corrected chi connectivity index (χ0v) is 15.1. The van der Waals surface area contributed by atoms with Crippen LogP contribution in [0.25, 0.3) is 0 Å². The van der Waals surface area contributed by atoms with Crippen LogP contribution in [0.1, 0.15) is 37.7 Å². The number of rotatable bonds is 3. The van der Waals surface area contributed by atoms with Crippen molar-refractivity contribution >= 4 is 29.9 Å². The second kappa shape index (κ2) is 8.56. The van der Waals surface area contributed by atoms with E-state index in [9.17, 15) is 4.39 Å². The third kappa shape index (κ3) is 4.56. The molecule has 0 radical (unpaired) electrons. The van der Waals surface area contributed by atoms with E-state index < -0.39 is 0 Å². The van der Waals surface area contributed by atoms with Gasteiger partial charge in [-0.2, -0.15) is 0 Å². The van der Waals surface area contributed by atoms with Gasteiger partial charge in [-0.25, -0.2) is 4.39 Å². The van der Waals surface area contributed by atoms with Crippen molar-refractivity contribution in [1.29, 1.82) is 0 Å². The third-order valence-electron chi connectivity index (χ3n) is 4.32. The highest BCUT2D eigenvalue weighted by atomic mass is 127. The van der Waals surface area contributed by atoms with Crippen LogP contribution in [0, 0.1) is 5.82 Å². The predicted molar refractivity (Wildman–Crippen MR) is 97.0 cm³/mol. The summed E-state index contributed by atoms with van der Waals surface area (Å²) in [5.41, 5.74) is 1.33. The Morgan fingerprint density at radius 1 is 1.19 bits per heavy atom. The highest BCUT2D eigenvalue weighted by Gasteiger charge is 2.33. The molecule has 0 atom stereocenters. The van der Waals surface area contributed by atoms with E-state index in [1.165, 1.54) is 24.8 Å². The molecule has 0 unspecified atom stereocenters. The van der Waals surface area contributed by atoms with Gasteiger partial charge < -0.3 is 10.6 Å². The molecule has 0 spiro atoms. The summed E-state index contributed by atoms with van der Waals surface area (Å²) in [6, 6.07) is 7.01. The predicted octanol–water partition coefficient (Wildman–Crippen LogP) is 3.44. The average molecular weight is 405 g/mol. The molecule has 0 saturated heterocycles. The first-order valence-corrected chi connectivity index (χ1v) is 7.35. The van der Waals surface area contributed by atoms with Crippen LogP contribution in [0.4, 0.5) is 4.39 Å². The minimum atomic E-state index is -0.168. The van der Waals surface area contributed by atoms with Crippen LogP contribution < -0.4 is 10.6 Å². The zero-order valence-electron chi connectivity index (χ0n) is 12.8. The van der Waals surface area contributed by atoms with Crippen molar-refractivity contribution < 1.29 is 4.39 Å². The summed E-state index contributed by atoms with van der Waals surface area (Å²) in [4.78, 5) is 4.16. The van der Waals surface area contributed by atoms with Gasteiger partial charge in [0.05, 0.1) is 0 Å². The monoisotopic (exact) mass is 405 g/mol. The van der Waals surface area contributed by atoms with Gasteiger partial charge in [0.1, 0.15) is 5.82 Å². The molecule has 1 aliphatic rings. The smallest absolute Gasteiger partial charge is 0.190 e. The second-order valence-corrected chi connectivity index (χ2v) is 5.52. The number of guanidine groups is 1. The van der Waals surface area contributed by atoms with E-state index in [-0.39, 0.29) is 35.2 Å². The lowest BCUT2D eigenvalue weighted by molar-refractivity contribution is 0.291. The van der Waals surface area contributed by atoms with Gasteiger partial charge in [-0.15, -0.1) is 24.0 Å². The first-order valence-electron chi connectivity index (χ1n) is 7.35. The molecule has 0 heterocycles.